The topological polar surface area (TPSA) is 296 Å². The van der Waals surface area contributed by atoms with E-state index in [1.54, 1.807) is 7.11 Å². The Kier molecular flexibility index (Phi) is 14.3. The summed E-state index contributed by atoms with van der Waals surface area (Å²) in [6.45, 7) is 11.2. The first kappa shape index (κ1) is 49.2. The highest BCUT2D eigenvalue weighted by Gasteiger charge is 2.71. The number of rotatable bonds is 12. The van der Waals surface area contributed by atoms with Gasteiger partial charge in [0.25, 0.3) is 0 Å². The lowest BCUT2D eigenvalue weighted by atomic mass is 9.45. The molecule has 0 amide bonds. The number of fused-ring (bicyclic) bond motifs is 7. The van der Waals surface area contributed by atoms with Gasteiger partial charge in [-0.25, -0.2) is 0 Å². The van der Waals surface area contributed by atoms with Crippen LogP contribution in [0.4, 0.5) is 0 Å². The monoisotopic (exact) mass is 916 g/mol. The number of hydrogen-bond acceptors (Lipinski definition) is 19. The number of aliphatic hydroxyl groups is 11. The molecule has 4 heterocycles. The maximum Gasteiger partial charge on any atom is 0.187 e. The Morgan fingerprint density at radius 3 is 2.22 bits per heavy atom. The molecule has 0 aromatic heterocycles. The molecule has 8 aliphatic rings. The summed E-state index contributed by atoms with van der Waals surface area (Å²) in [5, 5.41) is 117. The third-order valence-corrected chi connectivity index (χ3v) is 17.1. The van der Waals surface area contributed by atoms with Crippen LogP contribution in [-0.4, -0.2) is 199 Å². The quantitative estimate of drug-likeness (QED) is 0.0976. The maximum absolute atomic E-state index is 12.5. The molecule has 11 N–H and O–H groups in total. The van der Waals surface area contributed by atoms with E-state index >= 15 is 0 Å². The largest absolute Gasteiger partial charge is 0.394 e. The molecule has 26 unspecified atom stereocenters. The Hall–Kier alpha value is -1.28. The zero-order valence-electron chi connectivity index (χ0n) is 37.3. The van der Waals surface area contributed by atoms with Gasteiger partial charge in [0.15, 0.2) is 24.7 Å². The summed E-state index contributed by atoms with van der Waals surface area (Å²) in [4.78, 5) is 0. The van der Waals surface area contributed by atoms with Gasteiger partial charge in [0, 0.05) is 31.3 Å². The molecule has 8 rings (SSSR count). The van der Waals surface area contributed by atoms with Crippen LogP contribution < -0.4 is 0 Å². The molecule has 0 bridgehead atoms. The van der Waals surface area contributed by atoms with Crippen LogP contribution in [0.15, 0.2) is 23.8 Å². The fourth-order valence-corrected chi connectivity index (χ4v) is 13.6. The smallest absolute Gasteiger partial charge is 0.187 e. The van der Waals surface area contributed by atoms with Crippen LogP contribution in [0.25, 0.3) is 0 Å². The third-order valence-electron chi connectivity index (χ3n) is 17.1. The SMILES string of the molecule is C=C(CCC1(OC)OC2CC3C4CC=C5CC(O)CC(OC6OCC(O)C(O)C6OC6OC(C)C(O)C(O)C6O)C5(C)C4C(O)CC3(C)C2C1C)COC1OC(CO)C(O)C(O)C1O. The minimum Gasteiger partial charge on any atom is -0.394 e. The molecule has 7 fully saturated rings. The average molecular weight is 917 g/mol. The molecule has 3 saturated carbocycles. The third kappa shape index (κ3) is 8.18. The van der Waals surface area contributed by atoms with Crippen molar-refractivity contribution in [3.63, 3.8) is 0 Å². The van der Waals surface area contributed by atoms with Crippen molar-refractivity contribution in [1.29, 1.82) is 0 Å². The van der Waals surface area contributed by atoms with E-state index in [9.17, 15) is 56.2 Å². The van der Waals surface area contributed by atoms with E-state index in [2.05, 4.69) is 33.4 Å². The summed E-state index contributed by atoms with van der Waals surface area (Å²) in [6, 6.07) is 0. The van der Waals surface area contributed by atoms with Gasteiger partial charge in [-0.1, -0.05) is 44.6 Å². The maximum atomic E-state index is 12.5. The van der Waals surface area contributed by atoms with Crippen molar-refractivity contribution in [1.82, 2.24) is 0 Å². The number of hydrogen-bond donors (Lipinski definition) is 11. The summed E-state index contributed by atoms with van der Waals surface area (Å²) >= 11 is 0. The molecular weight excluding hydrogens is 844 g/mol. The van der Waals surface area contributed by atoms with Gasteiger partial charge >= 0.3 is 0 Å². The van der Waals surface area contributed by atoms with E-state index in [1.165, 1.54) is 6.92 Å². The molecule has 366 valence electrons. The highest BCUT2D eigenvalue weighted by molar-refractivity contribution is 5.30. The summed E-state index contributed by atoms with van der Waals surface area (Å²) in [7, 11) is 1.63. The standard InChI is InChI=1S/C45H72O19/c1-18(16-58-40-37(55)36(54)34(52)28(15-46)61-40)9-10-45(57-6)19(2)30-27(64-45)13-24-23-8-7-21-11-22(47)12-29(44(21,5)31(23)25(48)14-43(24,30)4)62-42-39(33(51)26(49)17-59-42)63-41-38(56)35(53)32(50)20(3)60-41/h7,19-20,22-42,46-56H,1,8-17H2,2-6H3. The number of allylic oxidation sites excluding steroid dienone is 1. The van der Waals surface area contributed by atoms with Gasteiger partial charge in [0.05, 0.1) is 50.3 Å². The van der Waals surface area contributed by atoms with Crippen molar-refractivity contribution in [3.05, 3.63) is 23.8 Å². The van der Waals surface area contributed by atoms with Crippen LogP contribution in [0.3, 0.4) is 0 Å². The van der Waals surface area contributed by atoms with Gasteiger partial charge < -0.3 is 94.1 Å². The van der Waals surface area contributed by atoms with Gasteiger partial charge in [0.1, 0.15) is 61.0 Å². The van der Waals surface area contributed by atoms with E-state index in [4.69, 9.17) is 37.9 Å². The van der Waals surface area contributed by atoms with Crippen LogP contribution in [0, 0.1) is 40.4 Å². The molecule has 19 nitrogen and oxygen atoms in total. The Morgan fingerprint density at radius 2 is 1.52 bits per heavy atom. The Bertz CT molecular complexity index is 1690. The first-order valence-corrected chi connectivity index (χ1v) is 23.1. The molecule has 0 aromatic rings. The van der Waals surface area contributed by atoms with E-state index in [0.29, 0.717) is 37.7 Å². The van der Waals surface area contributed by atoms with Crippen LogP contribution >= 0.6 is 0 Å². The lowest BCUT2D eigenvalue weighted by Gasteiger charge is -2.62. The second-order valence-electron chi connectivity index (χ2n) is 20.6. The van der Waals surface area contributed by atoms with Crippen molar-refractivity contribution < 1.29 is 94.1 Å². The minimum absolute atomic E-state index is 0.00783. The van der Waals surface area contributed by atoms with E-state index < -0.39 is 122 Å². The van der Waals surface area contributed by atoms with Gasteiger partial charge in [-0.3, -0.25) is 0 Å². The van der Waals surface area contributed by atoms with Crippen molar-refractivity contribution in [2.75, 3.05) is 26.9 Å². The fourth-order valence-electron chi connectivity index (χ4n) is 13.6. The zero-order valence-corrected chi connectivity index (χ0v) is 37.3. The van der Waals surface area contributed by atoms with E-state index in [1.807, 2.05) is 0 Å². The highest BCUT2D eigenvalue weighted by atomic mass is 16.8. The Labute approximate surface area is 373 Å². The molecule has 19 heteroatoms. The van der Waals surface area contributed by atoms with E-state index in [-0.39, 0.29) is 60.7 Å². The fraction of sp³-hybridized carbons (Fsp3) is 0.911. The molecule has 4 saturated heterocycles. The first-order chi connectivity index (χ1) is 30.2. The molecule has 64 heavy (non-hydrogen) atoms. The number of methoxy groups -OCH3 is 1. The van der Waals surface area contributed by atoms with Crippen molar-refractivity contribution in [3.8, 4) is 0 Å². The highest BCUT2D eigenvalue weighted by Crippen LogP contribution is 2.70. The first-order valence-electron chi connectivity index (χ1n) is 23.1. The zero-order chi connectivity index (χ0) is 46.4. The number of ether oxygens (including phenoxy) is 8. The second-order valence-corrected chi connectivity index (χ2v) is 20.6. The summed E-state index contributed by atoms with van der Waals surface area (Å²) < 4.78 is 48.8. The van der Waals surface area contributed by atoms with Crippen molar-refractivity contribution >= 4 is 0 Å². The predicted octanol–water partition coefficient (Wildman–Crippen LogP) is -1.68. The van der Waals surface area contributed by atoms with Gasteiger partial charge in [-0.05, 0) is 68.1 Å². The number of aliphatic hydroxyl groups excluding tert-OH is 11. The Morgan fingerprint density at radius 1 is 0.812 bits per heavy atom. The molecular formula is C45H72O19. The predicted molar refractivity (Wildman–Crippen MR) is 219 cm³/mol. The molecule has 0 aromatic carbocycles. The van der Waals surface area contributed by atoms with Crippen molar-refractivity contribution in [2.45, 2.75) is 189 Å². The molecule has 26 atom stereocenters. The van der Waals surface area contributed by atoms with Crippen LogP contribution in [-0.2, 0) is 37.9 Å². The summed E-state index contributed by atoms with van der Waals surface area (Å²) in [6.07, 6.45) is -16.6. The van der Waals surface area contributed by atoms with Gasteiger partial charge in [0.2, 0.25) is 0 Å². The molecule has 4 aliphatic heterocycles. The van der Waals surface area contributed by atoms with Crippen LogP contribution in [0.2, 0.25) is 0 Å². The van der Waals surface area contributed by atoms with Crippen molar-refractivity contribution in [2.24, 2.45) is 40.4 Å². The van der Waals surface area contributed by atoms with Gasteiger partial charge in [-0.15, -0.1) is 0 Å². The normalized spacial score (nSPS) is 54.9. The molecule has 0 spiro atoms. The summed E-state index contributed by atoms with van der Waals surface area (Å²) in [5.74, 6) is -1.17. The van der Waals surface area contributed by atoms with Crippen LogP contribution in [0.1, 0.15) is 72.6 Å². The lowest BCUT2D eigenvalue weighted by molar-refractivity contribution is -0.363. The van der Waals surface area contributed by atoms with Gasteiger partial charge in [-0.2, -0.15) is 0 Å². The summed E-state index contributed by atoms with van der Waals surface area (Å²) in [5.41, 5.74) is 0.473. The Balaban J connectivity index is 0.967. The lowest BCUT2D eigenvalue weighted by Crippen LogP contribution is -2.64. The van der Waals surface area contributed by atoms with Crippen LogP contribution in [0.5, 0.6) is 0 Å². The van der Waals surface area contributed by atoms with E-state index in [0.717, 1.165) is 12.0 Å². The molecule has 4 aliphatic carbocycles. The average Bonchev–Trinajstić information content (AvgIpc) is 3.71. The second kappa shape index (κ2) is 18.6. The minimum atomic E-state index is -1.69. The molecule has 0 radical (unpaired) electrons.